The average Bonchev–Trinajstić information content (AvgIpc) is 3.12. The molecule has 0 spiro atoms. The number of esters is 1. The molecule has 2 fully saturated rings. The van der Waals surface area contributed by atoms with E-state index < -0.39 is 46.8 Å². The Kier molecular flexibility index (Phi) is 7.90. The van der Waals surface area contributed by atoms with E-state index in [-0.39, 0.29) is 28.4 Å². The molecule has 4 atom stereocenters. The van der Waals surface area contributed by atoms with E-state index in [0.29, 0.717) is 22.5 Å². The quantitative estimate of drug-likeness (QED) is 0.201. The number of fused-ring (bicyclic) bond motifs is 3. The van der Waals surface area contributed by atoms with Crippen molar-refractivity contribution in [1.29, 1.82) is 0 Å². The smallest absolute Gasteiger partial charge is 0.338 e. The van der Waals surface area contributed by atoms with E-state index in [4.69, 9.17) is 23.7 Å². The predicted octanol–water partition coefficient (Wildman–Crippen LogP) is 1.89. The van der Waals surface area contributed by atoms with Gasteiger partial charge in [0.25, 0.3) is 5.91 Å². The molecule has 224 valence electrons. The van der Waals surface area contributed by atoms with Crippen molar-refractivity contribution in [2.75, 3.05) is 27.5 Å². The van der Waals surface area contributed by atoms with Crippen LogP contribution >= 0.6 is 11.8 Å². The minimum absolute atomic E-state index is 0.0111. The summed E-state index contributed by atoms with van der Waals surface area (Å²) in [4.78, 5) is 63.8. The third kappa shape index (κ3) is 4.68. The molecule has 0 unspecified atom stereocenters. The molecule has 13 nitrogen and oxygen atoms in total. The normalized spacial score (nSPS) is 24.3. The molecule has 0 radical (unpaired) electrons. The van der Waals surface area contributed by atoms with Crippen LogP contribution in [0.25, 0.3) is 0 Å². The standard InChI is InChI=1S/C29H26N2O11S/c1-30-25(34)26(35)31-23-17(24(33)29(31,43-4)28(30)37)14-40-10-9-20(23)42-27(36)16-6-8-19(39-3)22(12-16)41-21-11-15(13-32)5-7-18(21)38-2/h5-14,20,23-24,33H,1-4H3/t20-,23-,24+,29+/m0/s1. The van der Waals surface area contributed by atoms with Crippen LogP contribution in [0.15, 0.2) is 60.6 Å². The van der Waals surface area contributed by atoms with E-state index >= 15 is 0 Å². The van der Waals surface area contributed by atoms with Gasteiger partial charge in [0, 0.05) is 18.2 Å². The summed E-state index contributed by atoms with van der Waals surface area (Å²) in [5.41, 5.74) is 0.409. The zero-order chi connectivity index (χ0) is 31.1. The van der Waals surface area contributed by atoms with E-state index in [9.17, 15) is 29.1 Å². The molecule has 14 heteroatoms. The Balaban J connectivity index is 1.49. The molecule has 1 N–H and O–H groups in total. The summed E-state index contributed by atoms with van der Waals surface area (Å²) >= 11 is 0.880. The third-order valence-corrected chi connectivity index (χ3v) is 8.56. The minimum atomic E-state index is -1.88. The first kappa shape index (κ1) is 29.7. The van der Waals surface area contributed by atoms with Crippen LogP contribution in [0.3, 0.4) is 0 Å². The first-order valence-electron chi connectivity index (χ1n) is 12.7. The van der Waals surface area contributed by atoms with Gasteiger partial charge in [0.1, 0.15) is 24.5 Å². The first-order chi connectivity index (χ1) is 20.6. The van der Waals surface area contributed by atoms with Crippen LogP contribution in [0, 0.1) is 0 Å². The number of carbonyl (C=O) groups excluding carboxylic acids is 5. The molecular weight excluding hydrogens is 584 g/mol. The molecule has 2 aromatic carbocycles. The van der Waals surface area contributed by atoms with Gasteiger partial charge in [-0.25, -0.2) is 4.79 Å². The minimum Gasteiger partial charge on any atom is -0.493 e. The number of amides is 3. The summed E-state index contributed by atoms with van der Waals surface area (Å²) in [6.45, 7) is 0. The molecule has 2 saturated heterocycles. The maximum absolute atomic E-state index is 13.5. The fourth-order valence-corrected chi connectivity index (χ4v) is 6.27. The van der Waals surface area contributed by atoms with Crippen LogP contribution in [-0.4, -0.2) is 95.5 Å². The summed E-state index contributed by atoms with van der Waals surface area (Å²) in [6, 6.07) is 7.57. The lowest BCUT2D eigenvalue weighted by atomic mass is 10.0. The number of ether oxygens (including phenoxy) is 5. The number of carbonyl (C=O) groups is 5. The van der Waals surface area contributed by atoms with E-state index in [2.05, 4.69) is 0 Å². The second-order valence-electron chi connectivity index (χ2n) is 9.54. The number of aldehydes is 1. The molecule has 0 saturated carbocycles. The molecule has 0 aromatic heterocycles. The highest BCUT2D eigenvalue weighted by Gasteiger charge is 2.69. The molecule has 2 aromatic rings. The van der Waals surface area contributed by atoms with Gasteiger partial charge in [0.2, 0.25) is 0 Å². The van der Waals surface area contributed by atoms with Gasteiger partial charge in [0.05, 0.1) is 32.3 Å². The van der Waals surface area contributed by atoms with E-state index in [1.54, 1.807) is 12.1 Å². The molecular formula is C29H26N2O11S. The van der Waals surface area contributed by atoms with Gasteiger partial charge in [-0.3, -0.25) is 29.0 Å². The summed E-state index contributed by atoms with van der Waals surface area (Å²) in [5, 5.41) is 11.3. The Morgan fingerprint density at radius 2 is 1.70 bits per heavy atom. The number of aliphatic hydroxyl groups excluding tert-OH is 1. The van der Waals surface area contributed by atoms with Crippen LogP contribution in [0.1, 0.15) is 20.7 Å². The predicted molar refractivity (Wildman–Crippen MR) is 150 cm³/mol. The first-order valence-corrected chi connectivity index (χ1v) is 14.0. The Bertz CT molecular complexity index is 1590. The van der Waals surface area contributed by atoms with Crippen LogP contribution < -0.4 is 14.2 Å². The molecule has 3 heterocycles. The van der Waals surface area contributed by atoms with Gasteiger partial charge < -0.3 is 28.8 Å². The lowest BCUT2D eigenvalue weighted by Crippen LogP contribution is -2.70. The Morgan fingerprint density at radius 3 is 2.35 bits per heavy atom. The topological polar surface area (TPSA) is 158 Å². The second-order valence-corrected chi connectivity index (χ2v) is 10.6. The van der Waals surface area contributed by atoms with Crippen molar-refractivity contribution in [2.45, 2.75) is 23.1 Å². The van der Waals surface area contributed by atoms with Crippen molar-refractivity contribution in [1.82, 2.24) is 9.80 Å². The van der Waals surface area contributed by atoms with Crippen molar-refractivity contribution < 1.29 is 52.8 Å². The van der Waals surface area contributed by atoms with Gasteiger partial charge >= 0.3 is 17.8 Å². The van der Waals surface area contributed by atoms with Crippen LogP contribution in [-0.2, 0) is 23.9 Å². The zero-order valence-electron chi connectivity index (χ0n) is 23.3. The molecule has 3 aliphatic heterocycles. The van der Waals surface area contributed by atoms with Crippen LogP contribution in [0.4, 0.5) is 0 Å². The molecule has 5 rings (SSSR count). The maximum Gasteiger partial charge on any atom is 0.338 e. The van der Waals surface area contributed by atoms with Crippen LogP contribution in [0.2, 0.25) is 0 Å². The van der Waals surface area contributed by atoms with Crippen molar-refractivity contribution in [3.8, 4) is 23.0 Å². The summed E-state index contributed by atoms with van der Waals surface area (Å²) < 4.78 is 27.8. The molecule has 3 amide bonds. The fourth-order valence-electron chi connectivity index (χ4n) is 5.21. The molecule has 0 bridgehead atoms. The highest BCUT2D eigenvalue weighted by Crippen LogP contribution is 2.50. The Labute approximate surface area is 249 Å². The molecule has 3 aliphatic rings. The number of hydrogen-bond donors (Lipinski definition) is 1. The van der Waals surface area contributed by atoms with Crippen molar-refractivity contribution >= 4 is 41.7 Å². The highest BCUT2D eigenvalue weighted by atomic mass is 32.2. The third-order valence-electron chi connectivity index (χ3n) is 7.34. The maximum atomic E-state index is 13.5. The van der Waals surface area contributed by atoms with Crippen molar-refractivity contribution in [3.05, 3.63) is 71.7 Å². The SMILES string of the molecule is COc1ccc(C=O)cc1Oc1cc(C(=O)O[C@H]2C=COC=C3[C@@H](O)[C@@]4(SC)C(=O)N(C)C(=O)C(=O)N4[C@@H]32)ccc1OC. The average molecular weight is 611 g/mol. The number of hydrogen-bond acceptors (Lipinski definition) is 12. The van der Waals surface area contributed by atoms with E-state index in [1.807, 2.05) is 0 Å². The summed E-state index contributed by atoms with van der Waals surface area (Å²) in [7, 11) is 4.00. The van der Waals surface area contributed by atoms with E-state index in [1.165, 1.54) is 63.3 Å². The van der Waals surface area contributed by atoms with Gasteiger partial charge in [0.15, 0.2) is 27.9 Å². The van der Waals surface area contributed by atoms with Crippen molar-refractivity contribution in [2.24, 2.45) is 0 Å². The van der Waals surface area contributed by atoms with Gasteiger partial charge in [-0.15, -0.1) is 11.8 Å². The highest BCUT2D eigenvalue weighted by molar-refractivity contribution is 8.00. The number of benzene rings is 2. The number of likely N-dealkylation sites (N-methyl/N-ethyl adjacent to an activating group) is 1. The van der Waals surface area contributed by atoms with Crippen molar-refractivity contribution in [3.63, 3.8) is 0 Å². The molecule has 43 heavy (non-hydrogen) atoms. The summed E-state index contributed by atoms with van der Waals surface area (Å²) in [5.74, 6) is -2.94. The monoisotopic (exact) mass is 610 g/mol. The number of methoxy groups -OCH3 is 2. The second kappa shape index (κ2) is 11.5. The number of aliphatic hydroxyl groups is 1. The number of thioether (sulfide) groups is 1. The largest absolute Gasteiger partial charge is 0.493 e. The Hall–Kier alpha value is -4.82. The van der Waals surface area contributed by atoms with E-state index in [0.717, 1.165) is 23.7 Å². The van der Waals surface area contributed by atoms with Crippen LogP contribution in [0.5, 0.6) is 23.0 Å². The lowest BCUT2D eigenvalue weighted by Gasteiger charge is -2.44. The number of rotatable bonds is 8. The summed E-state index contributed by atoms with van der Waals surface area (Å²) in [6.07, 6.45) is 3.03. The Morgan fingerprint density at radius 1 is 1.02 bits per heavy atom. The van der Waals surface area contributed by atoms with Gasteiger partial charge in [-0.2, -0.15) is 0 Å². The number of imide groups is 1. The fraction of sp³-hybridized carbons (Fsp3) is 0.276. The molecule has 0 aliphatic carbocycles. The number of nitrogens with zero attached hydrogens (tertiary/aromatic N) is 2. The lowest BCUT2D eigenvalue weighted by molar-refractivity contribution is -0.170. The van der Waals surface area contributed by atoms with Gasteiger partial charge in [-0.1, -0.05) is 0 Å². The number of piperazine rings is 1. The zero-order valence-corrected chi connectivity index (χ0v) is 24.2. The van der Waals surface area contributed by atoms with Gasteiger partial charge in [-0.05, 0) is 48.7 Å².